The van der Waals surface area contributed by atoms with Crippen molar-refractivity contribution in [3.8, 4) is 5.69 Å². The molecule has 0 atom stereocenters. The molecule has 0 unspecified atom stereocenters. The van der Waals surface area contributed by atoms with Crippen LogP contribution in [0.2, 0.25) is 0 Å². The number of thiophene rings is 1. The van der Waals surface area contributed by atoms with Gasteiger partial charge < -0.3 is 4.42 Å². The van der Waals surface area contributed by atoms with Crippen LogP contribution >= 0.6 is 11.3 Å². The summed E-state index contributed by atoms with van der Waals surface area (Å²) in [6.45, 7) is 3.75. The van der Waals surface area contributed by atoms with Gasteiger partial charge in [0.05, 0.1) is 16.3 Å². The van der Waals surface area contributed by atoms with Crippen LogP contribution in [0.1, 0.15) is 28.0 Å². The molecular weight excluding hydrogens is 396 g/mol. The Bertz CT molecular complexity index is 1380. The lowest BCUT2D eigenvalue weighted by Gasteiger charge is -2.01. The van der Waals surface area contributed by atoms with E-state index in [2.05, 4.69) is 15.6 Å². The number of aromatic nitrogens is 2. The number of aryl methyl sites for hydroxylation is 1. The third kappa shape index (κ3) is 3.19. The van der Waals surface area contributed by atoms with Crippen LogP contribution in [0.15, 0.2) is 76.2 Å². The predicted octanol–water partition coefficient (Wildman–Crippen LogP) is 5.30. The Labute approximate surface area is 176 Å². The van der Waals surface area contributed by atoms with Crippen LogP contribution in [0.25, 0.3) is 26.9 Å². The second-order valence-corrected chi connectivity index (χ2v) is 7.98. The van der Waals surface area contributed by atoms with Gasteiger partial charge in [0.25, 0.3) is 5.91 Å². The van der Waals surface area contributed by atoms with E-state index in [1.807, 2.05) is 78.3 Å². The first-order chi connectivity index (χ1) is 14.6. The number of carbonyl (C=O) groups excluding carboxylic acids is 1. The van der Waals surface area contributed by atoms with Crippen LogP contribution < -0.4 is 5.43 Å². The van der Waals surface area contributed by atoms with Crippen LogP contribution in [0.5, 0.6) is 0 Å². The summed E-state index contributed by atoms with van der Waals surface area (Å²) < 4.78 is 7.66. The fourth-order valence-electron chi connectivity index (χ4n) is 3.31. The topological polar surface area (TPSA) is 72.4 Å². The van der Waals surface area contributed by atoms with Crippen molar-refractivity contribution in [3.05, 3.63) is 83.1 Å². The van der Waals surface area contributed by atoms with Crippen molar-refractivity contribution in [2.24, 2.45) is 5.10 Å². The number of amides is 1. The highest BCUT2D eigenvalue weighted by molar-refractivity contribution is 7.20. The first-order valence-corrected chi connectivity index (χ1v) is 10.3. The van der Waals surface area contributed by atoms with Gasteiger partial charge in [0.2, 0.25) is 0 Å². The molecule has 3 aromatic heterocycles. The minimum atomic E-state index is -0.259. The molecule has 0 aliphatic carbocycles. The van der Waals surface area contributed by atoms with Gasteiger partial charge in [0.1, 0.15) is 16.1 Å². The van der Waals surface area contributed by atoms with Crippen LogP contribution in [0.3, 0.4) is 0 Å². The average Bonchev–Trinajstić information content (AvgIpc) is 3.47. The normalized spacial score (nSPS) is 12.0. The van der Waals surface area contributed by atoms with Crippen molar-refractivity contribution in [2.75, 3.05) is 0 Å². The van der Waals surface area contributed by atoms with E-state index < -0.39 is 0 Å². The molecule has 0 fully saturated rings. The van der Waals surface area contributed by atoms with E-state index in [-0.39, 0.29) is 5.91 Å². The summed E-state index contributed by atoms with van der Waals surface area (Å²) in [5, 5.41) is 10.8. The molecule has 1 N–H and O–H groups in total. The molecule has 0 aliphatic heterocycles. The Balaban J connectivity index is 1.41. The number of fused-ring (bicyclic) bond motifs is 2. The number of hydrogen-bond donors (Lipinski definition) is 1. The highest BCUT2D eigenvalue weighted by Gasteiger charge is 2.17. The van der Waals surface area contributed by atoms with Gasteiger partial charge in [-0.25, -0.2) is 10.1 Å². The maximum atomic E-state index is 12.7. The van der Waals surface area contributed by atoms with Crippen LogP contribution in [-0.4, -0.2) is 21.4 Å². The van der Waals surface area contributed by atoms with E-state index in [0.717, 1.165) is 32.6 Å². The average molecular weight is 414 g/mol. The molecule has 7 heteroatoms. The van der Waals surface area contributed by atoms with Crippen LogP contribution in [-0.2, 0) is 0 Å². The van der Waals surface area contributed by atoms with Crippen molar-refractivity contribution in [2.45, 2.75) is 13.8 Å². The van der Waals surface area contributed by atoms with Crippen molar-refractivity contribution in [3.63, 3.8) is 0 Å². The summed E-state index contributed by atoms with van der Waals surface area (Å²) in [6, 6.07) is 21.4. The van der Waals surface area contributed by atoms with Gasteiger partial charge in [0.15, 0.2) is 5.76 Å². The molecule has 1 amide bonds. The van der Waals surface area contributed by atoms with Crippen molar-refractivity contribution in [1.82, 2.24) is 15.2 Å². The third-order valence-corrected chi connectivity index (χ3v) is 5.99. The maximum absolute atomic E-state index is 12.7. The monoisotopic (exact) mass is 414 g/mol. The van der Waals surface area contributed by atoms with Gasteiger partial charge in [-0.15, -0.1) is 11.3 Å². The minimum Gasteiger partial charge on any atom is -0.455 e. The second-order valence-electron chi connectivity index (χ2n) is 6.95. The number of furan rings is 1. The van der Waals surface area contributed by atoms with E-state index in [1.165, 1.54) is 11.3 Å². The standard InChI is InChI=1S/C23H18N4O2S/c1-14-18-13-21(30-23(18)27(26-14)17-9-4-3-5-10-17)22(28)25-24-15(2)20-12-16-8-6-7-11-19(16)29-20/h3-13H,1-2H3,(H,25,28). The van der Waals surface area contributed by atoms with Gasteiger partial charge in [-0.2, -0.15) is 10.2 Å². The molecule has 0 bridgehead atoms. The van der Waals surface area contributed by atoms with Gasteiger partial charge >= 0.3 is 0 Å². The molecule has 148 valence electrons. The smallest absolute Gasteiger partial charge is 0.281 e. The second kappa shape index (κ2) is 7.27. The first-order valence-electron chi connectivity index (χ1n) is 9.48. The van der Waals surface area contributed by atoms with E-state index in [1.54, 1.807) is 6.92 Å². The number of nitrogens with one attached hydrogen (secondary N) is 1. The quantitative estimate of drug-likeness (QED) is 0.321. The number of rotatable bonds is 4. The lowest BCUT2D eigenvalue weighted by atomic mass is 10.2. The number of hydrazone groups is 1. The zero-order valence-electron chi connectivity index (χ0n) is 16.4. The highest BCUT2D eigenvalue weighted by atomic mass is 32.1. The molecule has 0 spiro atoms. The Morgan fingerprint density at radius 2 is 1.87 bits per heavy atom. The maximum Gasteiger partial charge on any atom is 0.281 e. The highest BCUT2D eigenvalue weighted by Crippen LogP contribution is 2.30. The van der Waals surface area contributed by atoms with E-state index in [9.17, 15) is 4.79 Å². The van der Waals surface area contributed by atoms with Crippen LogP contribution in [0.4, 0.5) is 0 Å². The minimum absolute atomic E-state index is 0.259. The SMILES string of the molecule is CC(=NNC(=O)c1cc2c(C)nn(-c3ccccc3)c2s1)c1cc2ccccc2o1. The molecular formula is C23H18N4O2S. The first kappa shape index (κ1) is 18.3. The van der Waals surface area contributed by atoms with Gasteiger partial charge in [-0.1, -0.05) is 36.4 Å². The van der Waals surface area contributed by atoms with E-state index in [4.69, 9.17) is 4.42 Å². The largest absolute Gasteiger partial charge is 0.455 e. The number of benzene rings is 2. The molecule has 30 heavy (non-hydrogen) atoms. The van der Waals surface area contributed by atoms with Crippen molar-refractivity contribution in [1.29, 1.82) is 0 Å². The molecule has 0 saturated heterocycles. The van der Waals surface area contributed by atoms with Gasteiger partial charge in [-0.05, 0) is 44.2 Å². The number of para-hydroxylation sites is 2. The number of hydrogen-bond acceptors (Lipinski definition) is 5. The fraction of sp³-hybridized carbons (Fsp3) is 0.0870. The van der Waals surface area contributed by atoms with Gasteiger partial charge in [0, 0.05) is 10.8 Å². The fourth-order valence-corrected chi connectivity index (χ4v) is 4.38. The zero-order chi connectivity index (χ0) is 20.7. The Kier molecular flexibility index (Phi) is 4.44. The summed E-state index contributed by atoms with van der Waals surface area (Å²) in [4.78, 5) is 14.2. The molecule has 0 radical (unpaired) electrons. The molecule has 3 heterocycles. The summed E-state index contributed by atoms with van der Waals surface area (Å²) in [5.41, 5.74) is 5.88. The summed E-state index contributed by atoms with van der Waals surface area (Å²) in [7, 11) is 0. The Morgan fingerprint density at radius 3 is 2.67 bits per heavy atom. The molecule has 0 saturated carbocycles. The molecule has 5 aromatic rings. The predicted molar refractivity (Wildman–Crippen MR) is 120 cm³/mol. The Hall–Kier alpha value is -3.71. The van der Waals surface area contributed by atoms with Gasteiger partial charge in [-0.3, -0.25) is 4.79 Å². The molecule has 0 aliphatic rings. The van der Waals surface area contributed by atoms with Crippen molar-refractivity contribution < 1.29 is 9.21 Å². The summed E-state index contributed by atoms with van der Waals surface area (Å²) in [5.74, 6) is 0.370. The zero-order valence-corrected chi connectivity index (χ0v) is 17.2. The lowest BCUT2D eigenvalue weighted by Crippen LogP contribution is -2.18. The molecule has 2 aromatic carbocycles. The summed E-state index contributed by atoms with van der Waals surface area (Å²) in [6.07, 6.45) is 0. The van der Waals surface area contributed by atoms with E-state index in [0.29, 0.717) is 16.3 Å². The Morgan fingerprint density at radius 1 is 1.10 bits per heavy atom. The van der Waals surface area contributed by atoms with E-state index >= 15 is 0 Å². The van der Waals surface area contributed by atoms with Crippen molar-refractivity contribution >= 4 is 44.1 Å². The van der Waals surface area contributed by atoms with Crippen LogP contribution in [0, 0.1) is 6.92 Å². The molecule has 6 nitrogen and oxygen atoms in total. The number of carbonyl (C=O) groups is 1. The third-order valence-electron chi connectivity index (χ3n) is 4.88. The summed E-state index contributed by atoms with van der Waals surface area (Å²) >= 11 is 1.39. The number of nitrogens with zero attached hydrogens (tertiary/aromatic N) is 3. The molecule has 5 rings (SSSR count). The lowest BCUT2D eigenvalue weighted by molar-refractivity contribution is 0.0959.